The van der Waals surface area contributed by atoms with Crippen molar-refractivity contribution in [2.45, 2.75) is 77.7 Å². The van der Waals surface area contributed by atoms with Crippen LogP contribution in [0.3, 0.4) is 0 Å². The Kier molecular flexibility index (Phi) is 7.41. The molecule has 2 heterocycles. The summed E-state index contributed by atoms with van der Waals surface area (Å²) in [6.45, 7) is 7.84. The molecule has 1 fully saturated rings. The number of aromatic nitrogens is 3. The average Bonchev–Trinajstić information content (AvgIpc) is 2.99. The second-order valence-corrected chi connectivity index (χ2v) is 8.56. The fraction of sp³-hybridized carbons (Fsp3) is 0.667. The van der Waals surface area contributed by atoms with E-state index in [1.165, 1.54) is 6.92 Å². The first kappa shape index (κ1) is 22.6. The molecule has 0 bridgehead atoms. The lowest BCUT2D eigenvalue weighted by atomic mass is 9.95. The fourth-order valence-corrected chi connectivity index (χ4v) is 3.99. The van der Waals surface area contributed by atoms with Crippen LogP contribution in [0.1, 0.15) is 53.4 Å². The van der Waals surface area contributed by atoms with Crippen LogP contribution in [0, 0.1) is 0 Å². The second kappa shape index (κ2) is 9.83. The number of fused-ring (bicyclic) bond motifs is 1. The molecule has 0 aliphatic heterocycles. The van der Waals surface area contributed by atoms with Crippen molar-refractivity contribution in [2.24, 2.45) is 7.05 Å². The third kappa shape index (κ3) is 5.55. The number of ether oxygens (including phenoxy) is 3. The number of hydrogen-bond donors (Lipinski definition) is 1. The molecule has 2 aromatic heterocycles. The molecule has 1 amide bonds. The van der Waals surface area contributed by atoms with Crippen molar-refractivity contribution in [3.8, 4) is 11.9 Å². The summed E-state index contributed by atoms with van der Waals surface area (Å²) in [4.78, 5) is 19.9. The molecule has 166 valence electrons. The minimum absolute atomic E-state index is 0.0133. The number of carbonyl (C=O) groups excluding carboxylic acids is 1. The largest absolute Gasteiger partial charge is 0.474 e. The normalized spacial score (nSPS) is 20.4. The molecule has 2 aromatic rings. The minimum Gasteiger partial charge on any atom is -0.474 e. The number of carbonyl (C=O) groups is 1. The first-order valence-corrected chi connectivity index (χ1v) is 10.8. The van der Waals surface area contributed by atoms with E-state index in [0.29, 0.717) is 29.0 Å². The van der Waals surface area contributed by atoms with E-state index in [1.807, 2.05) is 32.4 Å². The van der Waals surface area contributed by atoms with E-state index in [0.717, 1.165) is 31.2 Å². The van der Waals surface area contributed by atoms with Gasteiger partial charge in [0.25, 0.3) is 6.01 Å². The number of imidazole rings is 1. The minimum atomic E-state index is -0.0381. The highest BCUT2D eigenvalue weighted by molar-refractivity contribution is 6.36. The number of halogens is 1. The van der Waals surface area contributed by atoms with E-state index in [1.54, 1.807) is 6.20 Å². The number of pyridine rings is 1. The molecule has 1 saturated carbocycles. The number of rotatable bonds is 8. The Balaban J connectivity index is 1.58. The zero-order valence-electron chi connectivity index (χ0n) is 18.3. The monoisotopic (exact) mass is 438 g/mol. The van der Waals surface area contributed by atoms with Crippen LogP contribution in [-0.4, -0.2) is 51.4 Å². The molecule has 1 N–H and O–H groups in total. The molecule has 0 spiro atoms. The van der Waals surface area contributed by atoms with Crippen LogP contribution in [0.2, 0.25) is 5.02 Å². The fourth-order valence-electron chi connectivity index (χ4n) is 3.67. The zero-order chi connectivity index (χ0) is 21.8. The van der Waals surface area contributed by atoms with Crippen LogP contribution >= 0.6 is 11.6 Å². The van der Waals surface area contributed by atoms with Gasteiger partial charge in [-0.25, -0.2) is 4.98 Å². The van der Waals surface area contributed by atoms with Gasteiger partial charge in [-0.2, -0.15) is 4.98 Å². The van der Waals surface area contributed by atoms with Crippen LogP contribution in [0.4, 0.5) is 0 Å². The summed E-state index contributed by atoms with van der Waals surface area (Å²) in [5.41, 5.74) is 1.43. The second-order valence-electron chi connectivity index (χ2n) is 8.18. The third-order valence-corrected chi connectivity index (χ3v) is 5.39. The molecule has 1 aliphatic rings. The van der Waals surface area contributed by atoms with E-state index >= 15 is 0 Å². The van der Waals surface area contributed by atoms with Gasteiger partial charge in [0.2, 0.25) is 11.8 Å². The van der Waals surface area contributed by atoms with E-state index in [2.05, 4.69) is 15.3 Å². The van der Waals surface area contributed by atoms with Crippen LogP contribution in [0.25, 0.3) is 11.0 Å². The highest BCUT2D eigenvalue weighted by Gasteiger charge is 2.26. The molecule has 1 aliphatic carbocycles. The number of nitrogens with one attached hydrogen (secondary N) is 1. The van der Waals surface area contributed by atoms with Crippen molar-refractivity contribution in [3.63, 3.8) is 0 Å². The van der Waals surface area contributed by atoms with Gasteiger partial charge in [0.1, 0.15) is 16.6 Å². The standard InChI is InChI=1S/C21H31ClN4O4/c1-12(2)29-20-18(22)19-17(10-23-20)25-21(26(19)5)30-16-8-6-15(7-9-16)28-11-13(3)24-14(4)27/h10,12-13,15-16H,6-9,11H2,1-5H3,(H,24,27)/t13-,15?,16?/m0/s1. The average molecular weight is 439 g/mol. The van der Waals surface area contributed by atoms with Crippen molar-refractivity contribution in [2.75, 3.05) is 6.61 Å². The maximum Gasteiger partial charge on any atom is 0.297 e. The lowest BCUT2D eigenvalue weighted by Gasteiger charge is -2.29. The topological polar surface area (TPSA) is 87.5 Å². The third-order valence-electron chi connectivity index (χ3n) is 5.05. The predicted octanol–water partition coefficient (Wildman–Crippen LogP) is 3.64. The summed E-state index contributed by atoms with van der Waals surface area (Å²) in [5, 5.41) is 3.28. The van der Waals surface area contributed by atoms with Gasteiger partial charge in [-0.1, -0.05) is 11.6 Å². The van der Waals surface area contributed by atoms with E-state index in [-0.39, 0.29) is 30.3 Å². The van der Waals surface area contributed by atoms with Gasteiger partial charge >= 0.3 is 0 Å². The Morgan fingerprint density at radius 2 is 1.93 bits per heavy atom. The maximum absolute atomic E-state index is 11.1. The van der Waals surface area contributed by atoms with Crippen LogP contribution in [-0.2, 0) is 16.6 Å². The number of amides is 1. The van der Waals surface area contributed by atoms with E-state index < -0.39 is 0 Å². The number of aryl methyl sites for hydroxylation is 1. The van der Waals surface area contributed by atoms with Crippen molar-refractivity contribution >= 4 is 28.5 Å². The quantitative estimate of drug-likeness (QED) is 0.677. The molecule has 3 rings (SSSR count). The van der Waals surface area contributed by atoms with Crippen molar-refractivity contribution < 1.29 is 19.0 Å². The smallest absolute Gasteiger partial charge is 0.297 e. The van der Waals surface area contributed by atoms with Crippen molar-refractivity contribution in [1.29, 1.82) is 0 Å². The summed E-state index contributed by atoms with van der Waals surface area (Å²) in [5.74, 6) is 0.365. The molecular formula is C21H31ClN4O4. The Morgan fingerprint density at radius 3 is 2.57 bits per heavy atom. The van der Waals surface area contributed by atoms with Crippen molar-refractivity contribution in [3.05, 3.63) is 11.2 Å². The molecule has 0 saturated heterocycles. The summed E-state index contributed by atoms with van der Waals surface area (Å²) >= 11 is 6.51. The van der Waals surface area contributed by atoms with Gasteiger partial charge < -0.3 is 19.5 Å². The molecule has 8 nitrogen and oxygen atoms in total. The van der Waals surface area contributed by atoms with E-state index in [4.69, 9.17) is 25.8 Å². The zero-order valence-corrected chi connectivity index (χ0v) is 19.0. The number of nitrogens with zero attached hydrogens (tertiary/aromatic N) is 3. The lowest BCUT2D eigenvalue weighted by molar-refractivity contribution is -0.120. The molecule has 9 heteroatoms. The van der Waals surface area contributed by atoms with Crippen LogP contribution < -0.4 is 14.8 Å². The highest BCUT2D eigenvalue weighted by Crippen LogP contribution is 2.34. The van der Waals surface area contributed by atoms with Gasteiger partial charge in [0, 0.05) is 20.0 Å². The van der Waals surface area contributed by atoms with Gasteiger partial charge in [-0.15, -0.1) is 0 Å². The van der Waals surface area contributed by atoms with Crippen LogP contribution in [0.5, 0.6) is 11.9 Å². The van der Waals surface area contributed by atoms with Crippen LogP contribution in [0.15, 0.2) is 6.20 Å². The Bertz CT molecular complexity index is 878. The summed E-state index contributed by atoms with van der Waals surface area (Å²) in [6, 6.07) is 0.540. The maximum atomic E-state index is 11.1. The molecule has 0 aromatic carbocycles. The molecular weight excluding hydrogens is 408 g/mol. The van der Waals surface area contributed by atoms with Gasteiger partial charge in [-0.3, -0.25) is 9.36 Å². The predicted molar refractivity (Wildman–Crippen MR) is 115 cm³/mol. The molecule has 1 atom stereocenters. The van der Waals surface area contributed by atoms with Gasteiger partial charge in [0.15, 0.2) is 0 Å². The Morgan fingerprint density at radius 1 is 1.27 bits per heavy atom. The Labute approximate surface area is 182 Å². The van der Waals surface area contributed by atoms with Crippen molar-refractivity contribution in [1.82, 2.24) is 19.9 Å². The summed E-state index contributed by atoms with van der Waals surface area (Å²) in [6.07, 6.45) is 5.50. The van der Waals surface area contributed by atoms with Gasteiger partial charge in [-0.05, 0) is 46.5 Å². The highest BCUT2D eigenvalue weighted by atomic mass is 35.5. The summed E-state index contributed by atoms with van der Waals surface area (Å²) in [7, 11) is 1.88. The molecule has 0 radical (unpaired) electrons. The molecule has 30 heavy (non-hydrogen) atoms. The summed E-state index contributed by atoms with van der Waals surface area (Å²) < 4.78 is 19.7. The first-order chi connectivity index (χ1) is 14.2. The Hall–Kier alpha value is -2.06. The lowest BCUT2D eigenvalue weighted by Crippen LogP contribution is -2.37. The first-order valence-electron chi connectivity index (χ1n) is 10.5. The molecule has 0 unspecified atom stereocenters. The SMILES string of the molecule is CC(=O)N[C@@H](C)COC1CCC(Oc2nc3cnc(OC(C)C)c(Cl)c3n2C)CC1. The van der Waals surface area contributed by atoms with Gasteiger partial charge in [0.05, 0.1) is 30.5 Å². The number of hydrogen-bond acceptors (Lipinski definition) is 6. The van der Waals surface area contributed by atoms with E-state index in [9.17, 15) is 4.79 Å².